The van der Waals surface area contributed by atoms with Crippen LogP contribution in [0.2, 0.25) is 0 Å². The molecule has 2 amide bonds. The Morgan fingerprint density at radius 1 is 1.04 bits per heavy atom. The first-order chi connectivity index (χ1) is 10.8. The van der Waals surface area contributed by atoms with Gasteiger partial charge in [-0.15, -0.1) is 0 Å². The van der Waals surface area contributed by atoms with Crippen molar-refractivity contribution in [3.05, 3.63) is 19.0 Å². The van der Waals surface area contributed by atoms with Gasteiger partial charge in [-0.25, -0.2) is 0 Å². The molecular formula is C14H13Br3N2O4. The van der Waals surface area contributed by atoms with Gasteiger partial charge < -0.3 is 20.0 Å². The van der Waals surface area contributed by atoms with E-state index in [4.69, 9.17) is 0 Å². The third kappa shape index (κ3) is 2.76. The summed E-state index contributed by atoms with van der Waals surface area (Å²) in [6, 6.07) is -0.372. The predicted octanol–water partition coefficient (Wildman–Crippen LogP) is 2.72. The van der Waals surface area contributed by atoms with Crippen LogP contribution in [0.1, 0.15) is 18.4 Å². The summed E-state index contributed by atoms with van der Waals surface area (Å²) in [4.78, 5) is 27.9. The molecule has 2 fully saturated rings. The molecule has 1 aromatic carbocycles. The summed E-state index contributed by atoms with van der Waals surface area (Å²) >= 11 is 9.79. The first kappa shape index (κ1) is 17.0. The van der Waals surface area contributed by atoms with E-state index < -0.39 is 0 Å². The van der Waals surface area contributed by atoms with E-state index in [0.29, 0.717) is 31.9 Å². The fraction of sp³-hybridized carbons (Fsp3) is 0.429. The lowest BCUT2D eigenvalue weighted by Crippen LogP contribution is -2.56. The first-order valence-corrected chi connectivity index (χ1v) is 9.36. The van der Waals surface area contributed by atoms with Crippen molar-refractivity contribution in [2.24, 2.45) is 0 Å². The fourth-order valence-corrected chi connectivity index (χ4v) is 4.73. The number of amides is 2. The Bertz CT molecular complexity index is 681. The molecule has 1 atom stereocenters. The van der Waals surface area contributed by atoms with Crippen molar-refractivity contribution in [3.8, 4) is 11.5 Å². The summed E-state index contributed by atoms with van der Waals surface area (Å²) in [7, 11) is 0. The van der Waals surface area contributed by atoms with Crippen molar-refractivity contribution in [1.29, 1.82) is 0 Å². The molecule has 2 aliphatic heterocycles. The number of aromatic hydroxyl groups is 2. The molecular weight excluding hydrogens is 500 g/mol. The molecule has 3 rings (SSSR count). The zero-order valence-corrected chi connectivity index (χ0v) is 16.6. The lowest BCUT2D eigenvalue weighted by molar-refractivity contribution is -0.154. The quantitative estimate of drug-likeness (QED) is 0.472. The van der Waals surface area contributed by atoms with Gasteiger partial charge in [0.05, 0.1) is 8.95 Å². The summed E-state index contributed by atoms with van der Waals surface area (Å²) in [6.07, 6.45) is 1.53. The van der Waals surface area contributed by atoms with Gasteiger partial charge in [-0.1, -0.05) is 0 Å². The van der Waals surface area contributed by atoms with Crippen LogP contribution < -0.4 is 0 Å². The second kappa shape index (κ2) is 6.25. The molecule has 2 N–H and O–H groups in total. The van der Waals surface area contributed by atoms with Crippen LogP contribution in [0.3, 0.4) is 0 Å². The molecule has 2 heterocycles. The normalized spacial score (nSPS) is 21.1. The highest BCUT2D eigenvalue weighted by Crippen LogP contribution is 2.47. The molecule has 1 aromatic rings. The van der Waals surface area contributed by atoms with Crippen LogP contribution in [0, 0.1) is 0 Å². The molecule has 6 nitrogen and oxygen atoms in total. The van der Waals surface area contributed by atoms with Gasteiger partial charge in [0.1, 0.15) is 12.6 Å². The topological polar surface area (TPSA) is 81.1 Å². The van der Waals surface area contributed by atoms with Gasteiger partial charge in [-0.05, 0) is 60.6 Å². The number of fused-ring (bicyclic) bond motifs is 1. The summed E-state index contributed by atoms with van der Waals surface area (Å²) in [6.45, 7) is 0.817. The Morgan fingerprint density at radius 2 is 1.70 bits per heavy atom. The molecule has 0 saturated carbocycles. The average molecular weight is 513 g/mol. The number of carbonyl (C=O) groups excluding carboxylic acids is 2. The van der Waals surface area contributed by atoms with Crippen molar-refractivity contribution in [1.82, 2.24) is 9.80 Å². The molecule has 9 heteroatoms. The first-order valence-electron chi connectivity index (χ1n) is 6.98. The van der Waals surface area contributed by atoms with Gasteiger partial charge in [0, 0.05) is 23.1 Å². The third-order valence-electron chi connectivity index (χ3n) is 4.21. The van der Waals surface area contributed by atoms with E-state index >= 15 is 0 Å². The van der Waals surface area contributed by atoms with Crippen molar-refractivity contribution in [2.45, 2.75) is 25.4 Å². The van der Waals surface area contributed by atoms with Crippen molar-refractivity contribution in [3.63, 3.8) is 0 Å². The fourth-order valence-electron chi connectivity index (χ4n) is 3.01. The smallest absolute Gasteiger partial charge is 0.246 e. The lowest BCUT2D eigenvalue weighted by atomic mass is 10.1. The highest BCUT2D eigenvalue weighted by atomic mass is 79.9. The number of halogens is 3. The van der Waals surface area contributed by atoms with E-state index in [1.54, 1.807) is 4.90 Å². The van der Waals surface area contributed by atoms with Gasteiger partial charge in [0.15, 0.2) is 11.5 Å². The molecule has 0 aliphatic carbocycles. The van der Waals surface area contributed by atoms with Crippen molar-refractivity contribution < 1.29 is 19.8 Å². The number of benzene rings is 1. The minimum atomic E-state index is -0.372. The van der Waals surface area contributed by atoms with Gasteiger partial charge in [-0.2, -0.15) is 0 Å². The maximum atomic E-state index is 12.6. The minimum Gasteiger partial charge on any atom is -0.503 e. The maximum Gasteiger partial charge on any atom is 0.246 e. The van der Waals surface area contributed by atoms with E-state index in [-0.39, 0.29) is 42.4 Å². The Labute approximate surface area is 157 Å². The lowest BCUT2D eigenvalue weighted by Gasteiger charge is -2.36. The SMILES string of the molecule is O=C1[C@@H]2CCCN2C(=O)CN1Cc1c(Br)c(O)c(O)c(Br)c1Br. The summed E-state index contributed by atoms with van der Waals surface area (Å²) in [5, 5.41) is 19.8. The van der Waals surface area contributed by atoms with Gasteiger partial charge in [0.25, 0.3) is 0 Å². The predicted molar refractivity (Wildman–Crippen MR) is 93.0 cm³/mol. The second-order valence-corrected chi connectivity index (χ2v) is 7.94. The number of phenols is 2. The highest BCUT2D eigenvalue weighted by Gasteiger charge is 2.42. The van der Waals surface area contributed by atoms with Crippen LogP contribution in [0.15, 0.2) is 13.4 Å². The van der Waals surface area contributed by atoms with Crippen LogP contribution in [-0.2, 0) is 16.1 Å². The van der Waals surface area contributed by atoms with Crippen LogP contribution >= 0.6 is 47.8 Å². The van der Waals surface area contributed by atoms with Crippen LogP contribution in [0.5, 0.6) is 11.5 Å². The second-order valence-electron chi connectivity index (χ2n) is 5.56. The summed E-state index contributed by atoms with van der Waals surface area (Å²) in [5.41, 5.74) is 0.583. The maximum absolute atomic E-state index is 12.6. The molecule has 2 aliphatic rings. The molecule has 0 radical (unpaired) electrons. The van der Waals surface area contributed by atoms with Crippen molar-refractivity contribution >= 4 is 59.6 Å². The number of hydrogen-bond donors (Lipinski definition) is 2. The number of phenolic OH excluding ortho intramolecular Hbond substituents is 2. The molecule has 2 saturated heterocycles. The number of rotatable bonds is 2. The van der Waals surface area contributed by atoms with E-state index in [1.165, 1.54) is 4.90 Å². The van der Waals surface area contributed by atoms with Gasteiger partial charge in [-0.3, -0.25) is 9.59 Å². The molecule has 0 bridgehead atoms. The molecule has 0 unspecified atom stereocenters. The molecule has 23 heavy (non-hydrogen) atoms. The monoisotopic (exact) mass is 510 g/mol. The van der Waals surface area contributed by atoms with Crippen LogP contribution in [0.4, 0.5) is 0 Å². The summed E-state index contributed by atoms with van der Waals surface area (Å²) in [5.74, 6) is -0.741. The largest absolute Gasteiger partial charge is 0.503 e. The average Bonchev–Trinajstić information content (AvgIpc) is 3.02. The minimum absolute atomic E-state index is 0.0213. The number of piperazine rings is 1. The Kier molecular flexibility index (Phi) is 4.63. The van der Waals surface area contributed by atoms with E-state index in [0.717, 1.165) is 6.42 Å². The Morgan fingerprint density at radius 3 is 2.39 bits per heavy atom. The van der Waals surface area contributed by atoms with E-state index in [9.17, 15) is 19.8 Å². The third-order valence-corrected chi connectivity index (χ3v) is 7.24. The number of carbonyl (C=O) groups is 2. The van der Waals surface area contributed by atoms with Crippen molar-refractivity contribution in [2.75, 3.05) is 13.1 Å². The Hall–Kier alpha value is -0.800. The van der Waals surface area contributed by atoms with E-state index in [1.807, 2.05) is 0 Å². The molecule has 0 aromatic heterocycles. The highest BCUT2D eigenvalue weighted by molar-refractivity contribution is 9.13. The van der Waals surface area contributed by atoms with Gasteiger partial charge in [0.2, 0.25) is 11.8 Å². The zero-order chi connectivity index (χ0) is 16.9. The van der Waals surface area contributed by atoms with Crippen LogP contribution in [0.25, 0.3) is 0 Å². The van der Waals surface area contributed by atoms with Gasteiger partial charge >= 0.3 is 0 Å². The molecule has 124 valence electrons. The molecule has 0 spiro atoms. The number of nitrogens with zero attached hydrogens (tertiary/aromatic N) is 2. The Balaban J connectivity index is 1.93. The van der Waals surface area contributed by atoms with E-state index in [2.05, 4.69) is 47.8 Å². The number of hydrogen-bond acceptors (Lipinski definition) is 4. The standard InChI is InChI=1S/C14H13Br3N2O4/c15-9-6(10(16)12(21)13(22)11(9)17)4-18-5-8(20)19-3-1-2-7(19)14(18)23/h7,21-22H,1-5H2/t7-/m0/s1. The summed E-state index contributed by atoms with van der Waals surface area (Å²) < 4.78 is 1.11. The zero-order valence-electron chi connectivity index (χ0n) is 11.9. The van der Waals surface area contributed by atoms with Crippen LogP contribution in [-0.4, -0.2) is 51.0 Å².